The normalized spacial score (nSPS) is 32.7. The van der Waals surface area contributed by atoms with Crippen molar-refractivity contribution in [2.24, 2.45) is 5.14 Å². The third kappa shape index (κ3) is 3.22. The molecule has 1 aromatic rings. The van der Waals surface area contributed by atoms with Gasteiger partial charge in [-0.3, -0.25) is 0 Å². The summed E-state index contributed by atoms with van der Waals surface area (Å²) < 4.78 is 29.6. The topological polar surface area (TPSA) is 154 Å². The Balaban J connectivity index is 2.43. The van der Waals surface area contributed by atoms with Crippen molar-refractivity contribution in [2.75, 3.05) is 10.9 Å². The summed E-state index contributed by atoms with van der Waals surface area (Å²) in [7, 11) is -4.35. The first-order valence-corrected chi connectivity index (χ1v) is 7.95. The van der Waals surface area contributed by atoms with Crippen LogP contribution in [0.3, 0.4) is 0 Å². The van der Waals surface area contributed by atoms with Crippen LogP contribution in [0.25, 0.3) is 0 Å². The van der Waals surface area contributed by atoms with Gasteiger partial charge in [0.05, 0.1) is 12.3 Å². The van der Waals surface area contributed by atoms with Crippen LogP contribution in [0.1, 0.15) is 0 Å². The van der Waals surface area contributed by atoms with Gasteiger partial charge in [-0.05, 0) is 12.1 Å². The van der Waals surface area contributed by atoms with Gasteiger partial charge < -0.3 is 25.2 Å². The number of anilines is 1. The molecular formula is C12H18N2O7S. The lowest BCUT2D eigenvalue weighted by Gasteiger charge is -2.44. The molecule has 1 heterocycles. The van der Waals surface area contributed by atoms with E-state index in [2.05, 4.69) is 0 Å². The number of hydrogen-bond acceptors (Lipinski definition) is 7. The fraction of sp³-hybridized carbons (Fsp3) is 0.500. The Morgan fingerprint density at radius 1 is 1.09 bits per heavy atom. The highest BCUT2D eigenvalue weighted by atomic mass is 32.2. The molecule has 0 radical (unpaired) electrons. The van der Waals surface area contributed by atoms with Crippen LogP contribution < -0.4 is 9.44 Å². The Bertz CT molecular complexity index is 595. The molecule has 1 aromatic carbocycles. The summed E-state index contributed by atoms with van der Waals surface area (Å²) in [5.74, 6) is 0. The lowest BCUT2D eigenvalue weighted by Crippen LogP contribution is -2.65. The van der Waals surface area contributed by atoms with Crippen LogP contribution in [0.4, 0.5) is 5.69 Å². The zero-order chi connectivity index (χ0) is 16.5. The highest BCUT2D eigenvalue weighted by Gasteiger charge is 2.48. The number of para-hydroxylation sites is 1. The van der Waals surface area contributed by atoms with Crippen molar-refractivity contribution >= 4 is 15.9 Å². The van der Waals surface area contributed by atoms with Gasteiger partial charge in [0.2, 0.25) is 0 Å². The number of nitrogens with two attached hydrogens (primary N) is 1. The van der Waals surface area contributed by atoms with E-state index in [1.165, 1.54) is 12.1 Å². The maximum absolute atomic E-state index is 11.9. The second-order valence-electron chi connectivity index (χ2n) is 4.90. The number of benzene rings is 1. The van der Waals surface area contributed by atoms with Crippen LogP contribution in [0.5, 0.6) is 0 Å². The molecule has 5 atom stereocenters. The summed E-state index contributed by atoms with van der Waals surface area (Å²) in [6.45, 7) is -0.672. The monoisotopic (exact) mass is 334 g/mol. The first-order chi connectivity index (χ1) is 10.3. The second kappa shape index (κ2) is 6.46. The van der Waals surface area contributed by atoms with E-state index in [9.17, 15) is 23.7 Å². The highest BCUT2D eigenvalue weighted by molar-refractivity contribution is 7.90. The van der Waals surface area contributed by atoms with E-state index in [1.54, 1.807) is 18.2 Å². The molecular weight excluding hydrogens is 316 g/mol. The molecule has 0 bridgehead atoms. The minimum Gasteiger partial charge on any atom is -0.394 e. The Hall–Kier alpha value is -1.27. The minimum absolute atomic E-state index is 0.106. The van der Waals surface area contributed by atoms with Crippen molar-refractivity contribution < 1.29 is 33.6 Å². The summed E-state index contributed by atoms with van der Waals surface area (Å²) in [6, 6.07) is 7.60. The van der Waals surface area contributed by atoms with E-state index in [1.807, 2.05) is 0 Å². The Labute approximate surface area is 127 Å². The van der Waals surface area contributed by atoms with Crippen LogP contribution in [0.2, 0.25) is 0 Å². The maximum Gasteiger partial charge on any atom is 0.301 e. The number of aliphatic hydroxyl groups excluding tert-OH is 4. The first-order valence-electron chi connectivity index (χ1n) is 6.45. The van der Waals surface area contributed by atoms with Crippen LogP contribution >= 0.6 is 0 Å². The SMILES string of the molecule is NS(=O)(=O)N(c1ccccc1)C1O[C@H](CO)[C@@H](O)[C@H](O)[C@H]1O. The minimum atomic E-state index is -4.35. The summed E-state index contributed by atoms with van der Waals surface area (Å²) in [5.41, 5.74) is 0.106. The molecule has 0 aromatic heterocycles. The Morgan fingerprint density at radius 3 is 2.18 bits per heavy atom. The Morgan fingerprint density at radius 2 is 1.68 bits per heavy atom. The number of rotatable bonds is 4. The van der Waals surface area contributed by atoms with E-state index in [4.69, 9.17) is 15.0 Å². The van der Waals surface area contributed by atoms with Crippen molar-refractivity contribution in [3.05, 3.63) is 30.3 Å². The number of ether oxygens (including phenoxy) is 1. The molecule has 0 saturated carbocycles. The van der Waals surface area contributed by atoms with Gasteiger partial charge in [-0.1, -0.05) is 18.2 Å². The van der Waals surface area contributed by atoms with Crippen LogP contribution in [-0.2, 0) is 14.9 Å². The molecule has 2 rings (SSSR count). The van der Waals surface area contributed by atoms with Crippen molar-refractivity contribution in [1.29, 1.82) is 0 Å². The van der Waals surface area contributed by atoms with E-state index >= 15 is 0 Å². The molecule has 0 amide bonds. The second-order valence-corrected chi connectivity index (χ2v) is 6.32. The van der Waals surface area contributed by atoms with Crippen LogP contribution in [0.15, 0.2) is 30.3 Å². The fourth-order valence-corrected chi connectivity index (χ4v) is 3.17. The predicted octanol–water partition coefficient (Wildman–Crippen LogP) is -2.50. The number of aliphatic hydroxyl groups is 4. The van der Waals surface area contributed by atoms with E-state index in [0.29, 0.717) is 4.31 Å². The summed E-state index contributed by atoms with van der Waals surface area (Å²) in [6.07, 6.45) is -7.88. The van der Waals surface area contributed by atoms with Gasteiger partial charge >= 0.3 is 10.2 Å². The number of nitrogens with zero attached hydrogens (tertiary/aromatic N) is 1. The summed E-state index contributed by atoms with van der Waals surface area (Å²) in [5, 5.41) is 43.9. The van der Waals surface area contributed by atoms with Gasteiger partial charge in [-0.15, -0.1) is 0 Å². The van der Waals surface area contributed by atoms with E-state index in [-0.39, 0.29) is 5.69 Å². The summed E-state index contributed by atoms with van der Waals surface area (Å²) >= 11 is 0. The van der Waals surface area contributed by atoms with Crippen molar-refractivity contribution in [3.8, 4) is 0 Å². The molecule has 6 N–H and O–H groups in total. The van der Waals surface area contributed by atoms with Crippen molar-refractivity contribution in [3.63, 3.8) is 0 Å². The maximum atomic E-state index is 11.9. The lowest BCUT2D eigenvalue weighted by atomic mass is 9.98. The van der Waals surface area contributed by atoms with E-state index < -0.39 is 47.5 Å². The molecule has 0 aliphatic carbocycles. The fourth-order valence-electron chi connectivity index (χ4n) is 2.29. The van der Waals surface area contributed by atoms with E-state index in [0.717, 1.165) is 0 Å². The van der Waals surface area contributed by atoms with Crippen molar-refractivity contribution in [1.82, 2.24) is 0 Å². The zero-order valence-electron chi connectivity index (χ0n) is 11.4. The van der Waals surface area contributed by atoms with Gasteiger partial charge in [0.25, 0.3) is 0 Å². The summed E-state index contributed by atoms with van der Waals surface area (Å²) in [4.78, 5) is 0. The van der Waals surface area contributed by atoms with Crippen molar-refractivity contribution in [2.45, 2.75) is 30.6 Å². The smallest absolute Gasteiger partial charge is 0.301 e. The van der Waals surface area contributed by atoms with Crippen LogP contribution in [-0.4, -0.2) is 66.1 Å². The molecule has 0 spiro atoms. The standard InChI is InChI=1S/C12H18N2O7S/c13-22(19,20)14(7-4-2-1-3-5-7)12-11(18)10(17)9(16)8(6-15)21-12/h1-5,8-12,15-18H,6H2,(H2,13,19,20)/t8-,9-,10+,11-,12?/m1/s1. The predicted molar refractivity (Wildman–Crippen MR) is 75.8 cm³/mol. The van der Waals surface area contributed by atoms with Crippen LogP contribution in [0, 0.1) is 0 Å². The molecule has 22 heavy (non-hydrogen) atoms. The molecule has 1 aliphatic rings. The third-order valence-corrected chi connectivity index (χ3v) is 4.35. The van der Waals surface area contributed by atoms with Gasteiger partial charge in [0, 0.05) is 0 Å². The van der Waals surface area contributed by atoms with Gasteiger partial charge in [0.15, 0.2) is 6.23 Å². The van der Waals surface area contributed by atoms with Gasteiger partial charge in [0.1, 0.15) is 24.4 Å². The zero-order valence-corrected chi connectivity index (χ0v) is 12.2. The molecule has 1 saturated heterocycles. The van der Waals surface area contributed by atoms with Gasteiger partial charge in [-0.2, -0.15) is 8.42 Å². The first kappa shape index (κ1) is 17.1. The molecule has 10 heteroatoms. The molecule has 9 nitrogen and oxygen atoms in total. The largest absolute Gasteiger partial charge is 0.394 e. The molecule has 1 unspecified atom stereocenters. The highest BCUT2D eigenvalue weighted by Crippen LogP contribution is 2.28. The molecule has 124 valence electrons. The average molecular weight is 334 g/mol. The molecule has 1 aliphatic heterocycles. The average Bonchev–Trinajstić information content (AvgIpc) is 2.47. The van der Waals surface area contributed by atoms with Gasteiger partial charge in [-0.25, -0.2) is 9.44 Å². The Kier molecular flexibility index (Phi) is 5.02. The quantitative estimate of drug-likeness (QED) is 0.408. The third-order valence-electron chi connectivity index (χ3n) is 3.38. The lowest BCUT2D eigenvalue weighted by molar-refractivity contribution is -0.225. The number of hydrogen-bond donors (Lipinski definition) is 5. The molecule has 1 fully saturated rings.